The molecule has 0 spiro atoms. The van der Waals surface area contributed by atoms with Gasteiger partial charge < -0.3 is 15.6 Å². The van der Waals surface area contributed by atoms with Crippen LogP contribution >= 0.6 is 23.4 Å². The highest BCUT2D eigenvalue weighted by molar-refractivity contribution is 7.99. The molecule has 31 heavy (non-hydrogen) atoms. The Morgan fingerprint density at radius 3 is 2.94 bits per heavy atom. The van der Waals surface area contributed by atoms with Crippen molar-refractivity contribution in [3.63, 3.8) is 0 Å². The number of H-pyrrole nitrogens is 1. The van der Waals surface area contributed by atoms with E-state index in [4.69, 9.17) is 27.3 Å². The second-order valence-electron chi connectivity index (χ2n) is 8.47. The Labute approximate surface area is 189 Å². The monoisotopic (exact) mass is 452 g/mol. The number of nitrogens with zero attached hydrogens (tertiary/aromatic N) is 5. The molecule has 5 heterocycles. The number of hydrogen-bond acceptors (Lipinski definition) is 6. The number of aromatic amines is 1. The van der Waals surface area contributed by atoms with Gasteiger partial charge in [-0.25, -0.2) is 15.0 Å². The van der Waals surface area contributed by atoms with Crippen LogP contribution in [0.1, 0.15) is 30.9 Å². The summed E-state index contributed by atoms with van der Waals surface area (Å²) in [6.45, 7) is 1.66. The first-order valence-electron chi connectivity index (χ1n) is 10.6. The fourth-order valence-corrected chi connectivity index (χ4v) is 5.44. The van der Waals surface area contributed by atoms with Crippen LogP contribution in [0.4, 0.5) is 5.82 Å². The van der Waals surface area contributed by atoms with Crippen molar-refractivity contribution in [2.24, 2.45) is 12.8 Å². The maximum atomic E-state index is 6.82. The Balaban J connectivity index is 1.45. The molecule has 9 heteroatoms. The SMILES string of the molecule is C[n+]1cccc2ncc(Sc3nc(N4CC[C@H](N)C4)c4c(Cl)c(C5CC5)[nH]c4n3)cc21. The number of pyridine rings is 2. The maximum Gasteiger partial charge on any atom is 0.232 e. The molecule has 0 bridgehead atoms. The minimum atomic E-state index is 0.159. The quantitative estimate of drug-likeness (QED) is 0.363. The van der Waals surface area contributed by atoms with E-state index in [-0.39, 0.29) is 6.04 Å². The van der Waals surface area contributed by atoms with Crippen molar-refractivity contribution < 1.29 is 4.57 Å². The second-order valence-corrected chi connectivity index (χ2v) is 9.89. The number of nitrogens with two attached hydrogens (primary N) is 1. The number of anilines is 1. The average molecular weight is 453 g/mol. The Bertz CT molecular complexity index is 1320. The predicted molar refractivity (Wildman–Crippen MR) is 123 cm³/mol. The second kappa shape index (κ2) is 7.32. The summed E-state index contributed by atoms with van der Waals surface area (Å²) in [5, 5.41) is 2.37. The number of nitrogens with one attached hydrogen (secondary N) is 1. The van der Waals surface area contributed by atoms with E-state index in [0.717, 1.165) is 63.0 Å². The minimum Gasteiger partial charge on any atom is -0.354 e. The van der Waals surface area contributed by atoms with Gasteiger partial charge in [0.25, 0.3) is 0 Å². The summed E-state index contributed by atoms with van der Waals surface area (Å²) in [7, 11) is 2.02. The Kier molecular flexibility index (Phi) is 4.55. The lowest BCUT2D eigenvalue weighted by molar-refractivity contribution is -0.645. The van der Waals surface area contributed by atoms with Gasteiger partial charge in [-0.3, -0.25) is 0 Å². The van der Waals surface area contributed by atoms with Gasteiger partial charge in [-0.2, -0.15) is 4.57 Å². The molecular weight excluding hydrogens is 430 g/mol. The summed E-state index contributed by atoms with van der Waals surface area (Å²) in [6.07, 6.45) is 7.20. The molecule has 1 aliphatic carbocycles. The van der Waals surface area contributed by atoms with Gasteiger partial charge in [0, 0.05) is 54.0 Å². The van der Waals surface area contributed by atoms with Crippen LogP contribution in [0.2, 0.25) is 5.02 Å². The summed E-state index contributed by atoms with van der Waals surface area (Å²) in [5.41, 5.74) is 10.1. The molecule has 158 valence electrons. The van der Waals surface area contributed by atoms with Crippen LogP contribution in [0, 0.1) is 0 Å². The van der Waals surface area contributed by atoms with Crippen molar-refractivity contribution in [2.75, 3.05) is 18.0 Å². The lowest BCUT2D eigenvalue weighted by Gasteiger charge is -2.18. The molecule has 0 aromatic carbocycles. The molecule has 0 unspecified atom stereocenters. The third kappa shape index (κ3) is 3.43. The molecule has 4 aromatic rings. The van der Waals surface area contributed by atoms with Gasteiger partial charge in [-0.1, -0.05) is 11.6 Å². The zero-order chi connectivity index (χ0) is 21.1. The van der Waals surface area contributed by atoms with Crippen molar-refractivity contribution >= 4 is 51.2 Å². The molecule has 0 radical (unpaired) electrons. The molecular formula is C22H23ClN7S+. The van der Waals surface area contributed by atoms with Crippen LogP contribution in [-0.2, 0) is 7.05 Å². The van der Waals surface area contributed by atoms with Gasteiger partial charge in [0.05, 0.1) is 10.4 Å². The van der Waals surface area contributed by atoms with E-state index < -0.39 is 0 Å². The molecule has 3 N–H and O–H groups in total. The van der Waals surface area contributed by atoms with E-state index in [1.54, 1.807) is 0 Å². The largest absolute Gasteiger partial charge is 0.354 e. The maximum absolute atomic E-state index is 6.82. The predicted octanol–water partition coefficient (Wildman–Crippen LogP) is 3.55. The highest BCUT2D eigenvalue weighted by atomic mass is 35.5. The van der Waals surface area contributed by atoms with Gasteiger partial charge in [0.15, 0.2) is 11.4 Å². The molecule has 1 saturated heterocycles. The van der Waals surface area contributed by atoms with Gasteiger partial charge in [0.2, 0.25) is 5.52 Å². The van der Waals surface area contributed by atoms with Gasteiger partial charge in [-0.15, -0.1) is 0 Å². The first kappa shape index (κ1) is 19.3. The summed E-state index contributed by atoms with van der Waals surface area (Å²) in [6, 6.07) is 6.30. The molecule has 2 aliphatic rings. The zero-order valence-corrected chi connectivity index (χ0v) is 18.7. The highest BCUT2D eigenvalue weighted by Crippen LogP contribution is 2.47. The molecule has 4 aromatic heterocycles. The molecule has 1 atom stereocenters. The number of hydrogen-bond donors (Lipinski definition) is 2. The first-order chi connectivity index (χ1) is 15.1. The van der Waals surface area contributed by atoms with Crippen LogP contribution < -0.4 is 15.2 Å². The number of aromatic nitrogens is 5. The topological polar surface area (TPSA) is 87.6 Å². The highest BCUT2D eigenvalue weighted by Gasteiger charge is 2.32. The lowest BCUT2D eigenvalue weighted by atomic mass is 10.2. The Morgan fingerprint density at radius 2 is 2.16 bits per heavy atom. The summed E-state index contributed by atoms with van der Waals surface area (Å²) in [4.78, 5) is 21.1. The third-order valence-corrected chi connectivity index (χ3v) is 7.33. The molecule has 1 aliphatic heterocycles. The molecule has 6 rings (SSSR count). The van der Waals surface area contributed by atoms with Crippen molar-refractivity contribution in [1.82, 2.24) is 19.9 Å². The number of rotatable bonds is 4. The van der Waals surface area contributed by atoms with E-state index >= 15 is 0 Å². The smallest absolute Gasteiger partial charge is 0.232 e. The van der Waals surface area contributed by atoms with Gasteiger partial charge in [0.1, 0.15) is 24.0 Å². The van der Waals surface area contributed by atoms with Gasteiger partial charge in [-0.05, 0) is 37.1 Å². The summed E-state index contributed by atoms with van der Waals surface area (Å²) < 4.78 is 2.07. The number of fused-ring (bicyclic) bond motifs is 2. The van der Waals surface area contributed by atoms with Crippen LogP contribution in [0.25, 0.3) is 22.1 Å². The lowest BCUT2D eigenvalue weighted by Crippen LogP contribution is -2.28. The molecule has 0 amide bonds. The first-order valence-corrected chi connectivity index (χ1v) is 11.8. The fraction of sp³-hybridized carbons (Fsp3) is 0.364. The fourth-order valence-electron chi connectivity index (χ4n) is 4.31. The van der Waals surface area contributed by atoms with Crippen molar-refractivity contribution in [3.05, 3.63) is 41.3 Å². The van der Waals surface area contributed by atoms with Crippen LogP contribution in [0.15, 0.2) is 40.6 Å². The van der Waals surface area contributed by atoms with E-state index in [1.807, 2.05) is 31.6 Å². The Hall–Kier alpha value is -2.42. The standard InChI is InChI=1S/C22H23ClN7S/c1-29-7-2-3-15-16(29)9-14(10-25-15)31-22-27-20-17(18(23)19(26-20)12-4-5-12)21(28-22)30-8-6-13(24)11-30/h2-3,7,9-10,12-13H,4-6,8,11,24H2,1H3,(H,26,27,28)/q+1/t13-/m0/s1. The average Bonchev–Trinajstić information content (AvgIpc) is 3.43. The van der Waals surface area contributed by atoms with E-state index in [9.17, 15) is 0 Å². The van der Waals surface area contributed by atoms with Crippen LogP contribution in [-0.4, -0.2) is 39.1 Å². The molecule has 2 fully saturated rings. The van der Waals surface area contributed by atoms with Crippen molar-refractivity contribution in [3.8, 4) is 0 Å². The van der Waals surface area contributed by atoms with Gasteiger partial charge >= 0.3 is 0 Å². The van der Waals surface area contributed by atoms with Crippen molar-refractivity contribution in [2.45, 2.75) is 41.3 Å². The van der Waals surface area contributed by atoms with Crippen LogP contribution in [0.3, 0.4) is 0 Å². The summed E-state index contributed by atoms with van der Waals surface area (Å²) in [5.74, 6) is 1.39. The van der Waals surface area contributed by atoms with Crippen LogP contribution in [0.5, 0.6) is 0 Å². The van der Waals surface area contributed by atoms with E-state index in [2.05, 4.69) is 25.5 Å². The van der Waals surface area contributed by atoms with E-state index in [0.29, 0.717) is 11.1 Å². The summed E-state index contributed by atoms with van der Waals surface area (Å²) >= 11 is 8.34. The molecule has 1 saturated carbocycles. The minimum absolute atomic E-state index is 0.159. The van der Waals surface area contributed by atoms with E-state index in [1.165, 1.54) is 24.6 Å². The van der Waals surface area contributed by atoms with Crippen molar-refractivity contribution in [1.29, 1.82) is 0 Å². The Morgan fingerprint density at radius 1 is 1.29 bits per heavy atom. The normalized spacial score (nSPS) is 19.1. The number of aryl methyl sites for hydroxylation is 1. The molecule has 7 nitrogen and oxygen atoms in total. The number of halogens is 1. The third-order valence-electron chi connectivity index (χ3n) is 6.11. The zero-order valence-electron chi connectivity index (χ0n) is 17.2.